The predicted molar refractivity (Wildman–Crippen MR) is 75.5 cm³/mol. The number of aliphatic hydroxyl groups excluding tert-OH is 1. The first-order valence-corrected chi connectivity index (χ1v) is 6.14. The van der Waals surface area contributed by atoms with Crippen molar-refractivity contribution in [2.75, 3.05) is 17.6 Å². The standard InChI is InChI=1S/C14H19N3O/c1-9(2)13(18)8-17-12-6-5-11(15)10-4-3-7-16-14(10)12/h3-7,9,13,17-18H,8,15H2,1-2H3. The van der Waals surface area contributed by atoms with Gasteiger partial charge in [-0.25, -0.2) is 0 Å². The molecule has 1 aromatic carbocycles. The van der Waals surface area contributed by atoms with Crippen molar-refractivity contribution in [1.82, 2.24) is 4.98 Å². The van der Waals surface area contributed by atoms with Gasteiger partial charge in [0.05, 0.1) is 17.3 Å². The number of nitrogens with zero attached hydrogens (tertiary/aromatic N) is 1. The number of anilines is 2. The molecule has 0 fully saturated rings. The fourth-order valence-electron chi connectivity index (χ4n) is 1.79. The summed E-state index contributed by atoms with van der Waals surface area (Å²) in [6.07, 6.45) is 1.37. The number of pyridine rings is 1. The molecule has 18 heavy (non-hydrogen) atoms. The Labute approximate surface area is 107 Å². The van der Waals surface area contributed by atoms with Gasteiger partial charge in [-0.2, -0.15) is 0 Å². The van der Waals surface area contributed by atoms with Crippen LogP contribution in [0.25, 0.3) is 10.9 Å². The van der Waals surface area contributed by atoms with Crippen LogP contribution in [0.4, 0.5) is 11.4 Å². The summed E-state index contributed by atoms with van der Waals surface area (Å²) in [6.45, 7) is 4.49. The molecule has 96 valence electrons. The number of nitrogens with one attached hydrogen (secondary N) is 1. The molecule has 0 amide bonds. The second kappa shape index (κ2) is 5.23. The first kappa shape index (κ1) is 12.6. The van der Waals surface area contributed by atoms with Crippen LogP contribution in [0.1, 0.15) is 13.8 Å². The van der Waals surface area contributed by atoms with Gasteiger partial charge < -0.3 is 16.2 Å². The SMILES string of the molecule is CC(C)C(O)CNc1ccc(N)c2cccnc12. The fourth-order valence-corrected chi connectivity index (χ4v) is 1.79. The minimum Gasteiger partial charge on any atom is -0.398 e. The van der Waals surface area contributed by atoms with Gasteiger partial charge in [-0.1, -0.05) is 13.8 Å². The summed E-state index contributed by atoms with van der Waals surface area (Å²) in [4.78, 5) is 4.34. The number of hydrogen-bond donors (Lipinski definition) is 3. The van der Waals surface area contributed by atoms with Crippen molar-refractivity contribution in [3.05, 3.63) is 30.5 Å². The summed E-state index contributed by atoms with van der Waals surface area (Å²) in [7, 11) is 0. The van der Waals surface area contributed by atoms with Gasteiger partial charge in [0.2, 0.25) is 0 Å². The van der Waals surface area contributed by atoms with Crippen LogP contribution >= 0.6 is 0 Å². The zero-order valence-corrected chi connectivity index (χ0v) is 10.7. The number of fused-ring (bicyclic) bond motifs is 1. The van der Waals surface area contributed by atoms with Crippen molar-refractivity contribution < 1.29 is 5.11 Å². The lowest BCUT2D eigenvalue weighted by atomic mass is 10.1. The molecular formula is C14H19N3O. The van der Waals surface area contributed by atoms with Crippen LogP contribution < -0.4 is 11.1 Å². The summed E-state index contributed by atoms with van der Waals surface area (Å²) in [5, 5.41) is 14.0. The first-order chi connectivity index (χ1) is 8.59. The highest BCUT2D eigenvalue weighted by molar-refractivity contribution is 5.98. The normalized spacial score (nSPS) is 12.9. The number of hydrogen-bond acceptors (Lipinski definition) is 4. The van der Waals surface area contributed by atoms with Crippen LogP contribution in [0.3, 0.4) is 0 Å². The molecule has 0 aliphatic heterocycles. The largest absolute Gasteiger partial charge is 0.398 e. The van der Waals surface area contributed by atoms with Crippen molar-refractivity contribution >= 4 is 22.3 Å². The Bertz CT molecular complexity index is 540. The third kappa shape index (κ3) is 2.54. The Hall–Kier alpha value is -1.81. The van der Waals surface area contributed by atoms with Gasteiger partial charge in [0.15, 0.2) is 0 Å². The topological polar surface area (TPSA) is 71.2 Å². The van der Waals surface area contributed by atoms with Crippen LogP contribution in [0, 0.1) is 5.92 Å². The second-order valence-corrected chi connectivity index (χ2v) is 4.79. The Balaban J connectivity index is 2.26. The quantitative estimate of drug-likeness (QED) is 0.722. The monoisotopic (exact) mass is 245 g/mol. The van der Waals surface area contributed by atoms with E-state index in [2.05, 4.69) is 10.3 Å². The van der Waals surface area contributed by atoms with E-state index < -0.39 is 0 Å². The van der Waals surface area contributed by atoms with Crippen molar-refractivity contribution in [1.29, 1.82) is 0 Å². The van der Waals surface area contributed by atoms with E-state index in [-0.39, 0.29) is 12.0 Å². The van der Waals surface area contributed by atoms with Gasteiger partial charge >= 0.3 is 0 Å². The molecule has 4 N–H and O–H groups in total. The van der Waals surface area contributed by atoms with Gasteiger partial charge in [0, 0.05) is 23.8 Å². The second-order valence-electron chi connectivity index (χ2n) is 4.79. The third-order valence-electron chi connectivity index (χ3n) is 3.07. The van der Waals surface area contributed by atoms with E-state index >= 15 is 0 Å². The van der Waals surface area contributed by atoms with E-state index in [0.717, 1.165) is 16.6 Å². The molecule has 1 atom stereocenters. The summed E-state index contributed by atoms with van der Waals surface area (Å²) < 4.78 is 0. The molecule has 0 radical (unpaired) electrons. The zero-order chi connectivity index (χ0) is 13.1. The van der Waals surface area contributed by atoms with E-state index in [1.807, 2.05) is 38.1 Å². The van der Waals surface area contributed by atoms with Crippen LogP contribution in [0.15, 0.2) is 30.5 Å². The van der Waals surface area contributed by atoms with Crippen LogP contribution in [0.2, 0.25) is 0 Å². The Morgan fingerprint density at radius 3 is 2.83 bits per heavy atom. The molecule has 0 aliphatic rings. The average Bonchev–Trinajstić information content (AvgIpc) is 2.38. The van der Waals surface area contributed by atoms with E-state index in [1.54, 1.807) is 6.20 Å². The number of aliphatic hydroxyl groups is 1. The van der Waals surface area contributed by atoms with Crippen molar-refractivity contribution in [3.63, 3.8) is 0 Å². The molecule has 0 bridgehead atoms. The van der Waals surface area contributed by atoms with Gasteiger partial charge in [-0.3, -0.25) is 4.98 Å². The van der Waals surface area contributed by atoms with Gasteiger partial charge in [0.25, 0.3) is 0 Å². The molecule has 0 spiro atoms. The number of nitrogen functional groups attached to an aromatic ring is 1. The molecule has 1 heterocycles. The zero-order valence-electron chi connectivity index (χ0n) is 10.7. The lowest BCUT2D eigenvalue weighted by Gasteiger charge is -2.17. The van der Waals surface area contributed by atoms with Crippen LogP contribution in [0.5, 0.6) is 0 Å². The van der Waals surface area contributed by atoms with E-state index in [9.17, 15) is 5.11 Å². The summed E-state index contributed by atoms with van der Waals surface area (Å²) >= 11 is 0. The lowest BCUT2D eigenvalue weighted by Crippen LogP contribution is -2.24. The van der Waals surface area contributed by atoms with Crippen molar-refractivity contribution in [3.8, 4) is 0 Å². The van der Waals surface area contributed by atoms with E-state index in [4.69, 9.17) is 5.73 Å². The first-order valence-electron chi connectivity index (χ1n) is 6.14. The van der Waals surface area contributed by atoms with Crippen LogP contribution in [-0.2, 0) is 0 Å². The molecule has 0 saturated heterocycles. The molecule has 0 aliphatic carbocycles. The van der Waals surface area contributed by atoms with E-state index in [1.165, 1.54) is 0 Å². The summed E-state index contributed by atoms with van der Waals surface area (Å²) in [5.74, 6) is 0.227. The van der Waals surface area contributed by atoms with Crippen molar-refractivity contribution in [2.24, 2.45) is 5.92 Å². The summed E-state index contributed by atoms with van der Waals surface area (Å²) in [6, 6.07) is 7.57. The maximum absolute atomic E-state index is 9.81. The molecule has 0 saturated carbocycles. The lowest BCUT2D eigenvalue weighted by molar-refractivity contribution is 0.138. The highest BCUT2D eigenvalue weighted by Crippen LogP contribution is 2.26. The highest BCUT2D eigenvalue weighted by Gasteiger charge is 2.10. The molecule has 4 heteroatoms. The minimum atomic E-state index is -0.374. The number of nitrogens with two attached hydrogens (primary N) is 1. The van der Waals surface area contributed by atoms with Crippen LogP contribution in [-0.4, -0.2) is 22.7 Å². The molecule has 1 aromatic heterocycles. The fraction of sp³-hybridized carbons (Fsp3) is 0.357. The maximum Gasteiger partial charge on any atom is 0.0953 e. The Morgan fingerprint density at radius 1 is 1.33 bits per heavy atom. The number of benzene rings is 1. The number of rotatable bonds is 4. The molecule has 4 nitrogen and oxygen atoms in total. The van der Waals surface area contributed by atoms with Gasteiger partial charge in [0.1, 0.15) is 0 Å². The van der Waals surface area contributed by atoms with Crippen molar-refractivity contribution in [2.45, 2.75) is 20.0 Å². The highest BCUT2D eigenvalue weighted by atomic mass is 16.3. The molecule has 2 aromatic rings. The van der Waals surface area contributed by atoms with E-state index in [0.29, 0.717) is 12.2 Å². The summed E-state index contributed by atoms with van der Waals surface area (Å²) in [5.41, 5.74) is 8.37. The molecule has 1 unspecified atom stereocenters. The third-order valence-corrected chi connectivity index (χ3v) is 3.07. The number of aromatic nitrogens is 1. The maximum atomic E-state index is 9.81. The average molecular weight is 245 g/mol. The van der Waals surface area contributed by atoms with Gasteiger partial charge in [-0.05, 0) is 30.2 Å². The smallest absolute Gasteiger partial charge is 0.0953 e. The predicted octanol–water partition coefficient (Wildman–Crippen LogP) is 2.25. The Kier molecular flexibility index (Phi) is 3.67. The van der Waals surface area contributed by atoms with Gasteiger partial charge in [-0.15, -0.1) is 0 Å². The molecular weight excluding hydrogens is 226 g/mol. The molecule has 2 rings (SSSR count). The Morgan fingerprint density at radius 2 is 2.11 bits per heavy atom. The minimum absolute atomic E-state index is 0.227.